The number of hydrogen-bond acceptors (Lipinski definition) is 3. The largest absolute Gasteiger partial charge is 0.453 e. The lowest BCUT2D eigenvalue weighted by Gasteiger charge is -2.16. The van der Waals surface area contributed by atoms with E-state index in [4.69, 9.17) is 16.0 Å². The molecule has 2 aromatic rings. The number of ketones is 1. The fraction of sp³-hybridized carbons (Fsp3) is 0.400. The Morgan fingerprint density at radius 1 is 1.26 bits per heavy atom. The molecule has 0 spiro atoms. The van der Waals surface area contributed by atoms with Crippen molar-refractivity contribution in [2.75, 3.05) is 19.6 Å². The van der Waals surface area contributed by atoms with Gasteiger partial charge in [0.05, 0.1) is 0 Å². The first-order valence-electron chi connectivity index (χ1n) is 6.58. The summed E-state index contributed by atoms with van der Waals surface area (Å²) in [4.78, 5) is 14.3. The number of nitrogens with zero attached hydrogens (tertiary/aromatic N) is 1. The zero-order valence-electron chi connectivity index (χ0n) is 11.3. The van der Waals surface area contributed by atoms with Gasteiger partial charge in [-0.05, 0) is 37.4 Å². The SMILES string of the molecule is CCN(CC)CCC(=O)c1cc2cc(Cl)ccc2o1. The van der Waals surface area contributed by atoms with Crippen LogP contribution in [0.25, 0.3) is 11.0 Å². The van der Waals surface area contributed by atoms with Crippen LogP contribution >= 0.6 is 11.6 Å². The van der Waals surface area contributed by atoms with Crippen molar-refractivity contribution in [1.82, 2.24) is 4.90 Å². The van der Waals surface area contributed by atoms with Crippen LogP contribution in [-0.2, 0) is 0 Å². The van der Waals surface area contributed by atoms with Crippen LogP contribution in [0.2, 0.25) is 5.02 Å². The van der Waals surface area contributed by atoms with Gasteiger partial charge < -0.3 is 9.32 Å². The molecule has 0 saturated heterocycles. The quantitative estimate of drug-likeness (QED) is 0.750. The molecule has 1 aromatic heterocycles. The first kappa shape index (κ1) is 14.1. The van der Waals surface area contributed by atoms with Crippen LogP contribution in [0.3, 0.4) is 0 Å². The lowest BCUT2D eigenvalue weighted by Crippen LogP contribution is -2.25. The maximum absolute atomic E-state index is 12.1. The van der Waals surface area contributed by atoms with Crippen molar-refractivity contribution in [2.24, 2.45) is 0 Å². The molecule has 0 aliphatic heterocycles. The van der Waals surface area contributed by atoms with Gasteiger partial charge in [0.1, 0.15) is 5.58 Å². The van der Waals surface area contributed by atoms with E-state index in [0.29, 0.717) is 22.8 Å². The second-order valence-corrected chi connectivity index (χ2v) is 4.93. The van der Waals surface area contributed by atoms with Gasteiger partial charge in [-0.1, -0.05) is 25.4 Å². The van der Waals surface area contributed by atoms with Crippen molar-refractivity contribution < 1.29 is 9.21 Å². The normalized spacial score (nSPS) is 11.4. The molecule has 0 amide bonds. The Hall–Kier alpha value is -1.32. The molecule has 0 aliphatic rings. The number of rotatable bonds is 6. The van der Waals surface area contributed by atoms with Crippen LogP contribution in [0.4, 0.5) is 0 Å². The summed E-state index contributed by atoms with van der Waals surface area (Å²) in [5.74, 6) is 0.462. The molecule has 0 saturated carbocycles. The molecule has 1 heterocycles. The molecule has 0 unspecified atom stereocenters. The third kappa shape index (κ3) is 3.37. The van der Waals surface area contributed by atoms with Gasteiger partial charge in [0.25, 0.3) is 0 Å². The number of fused-ring (bicyclic) bond motifs is 1. The van der Waals surface area contributed by atoms with Crippen LogP contribution in [0.1, 0.15) is 30.8 Å². The van der Waals surface area contributed by atoms with Gasteiger partial charge in [-0.15, -0.1) is 0 Å². The lowest BCUT2D eigenvalue weighted by atomic mass is 10.2. The highest BCUT2D eigenvalue weighted by Gasteiger charge is 2.13. The second kappa shape index (κ2) is 6.22. The second-order valence-electron chi connectivity index (χ2n) is 4.49. The topological polar surface area (TPSA) is 33.5 Å². The summed E-state index contributed by atoms with van der Waals surface area (Å²) in [6.07, 6.45) is 0.481. The van der Waals surface area contributed by atoms with E-state index >= 15 is 0 Å². The van der Waals surface area contributed by atoms with E-state index in [1.54, 1.807) is 18.2 Å². The Balaban J connectivity index is 2.09. The first-order chi connectivity index (χ1) is 9.13. The summed E-state index contributed by atoms with van der Waals surface area (Å²) in [5, 5.41) is 1.52. The maximum Gasteiger partial charge on any atom is 0.199 e. The minimum atomic E-state index is 0.0409. The van der Waals surface area contributed by atoms with Crippen LogP contribution in [0.5, 0.6) is 0 Å². The monoisotopic (exact) mass is 279 g/mol. The third-order valence-corrected chi connectivity index (χ3v) is 3.54. The molecule has 0 N–H and O–H groups in total. The van der Waals surface area contributed by atoms with E-state index in [1.165, 1.54) is 0 Å². The summed E-state index contributed by atoms with van der Waals surface area (Å²) in [7, 11) is 0. The molecule has 1 aromatic carbocycles. The van der Waals surface area contributed by atoms with Crippen molar-refractivity contribution in [2.45, 2.75) is 20.3 Å². The van der Waals surface area contributed by atoms with Gasteiger partial charge in [-0.25, -0.2) is 0 Å². The Bertz CT molecular complexity index is 573. The van der Waals surface area contributed by atoms with Crippen molar-refractivity contribution in [3.8, 4) is 0 Å². The molecule has 0 bridgehead atoms. The summed E-state index contributed by atoms with van der Waals surface area (Å²) >= 11 is 5.91. The molecular weight excluding hydrogens is 262 g/mol. The highest BCUT2D eigenvalue weighted by molar-refractivity contribution is 6.31. The van der Waals surface area contributed by atoms with Gasteiger partial charge >= 0.3 is 0 Å². The van der Waals surface area contributed by atoms with Crippen molar-refractivity contribution >= 4 is 28.4 Å². The first-order valence-corrected chi connectivity index (χ1v) is 6.96. The standard InChI is InChI=1S/C15H18ClNO2/c1-3-17(4-2)8-7-13(18)15-10-11-9-12(16)5-6-14(11)19-15/h5-6,9-10H,3-4,7-8H2,1-2H3. The number of Topliss-reactive ketones (excluding diaryl/α,β-unsaturated/α-hetero) is 1. The number of carbonyl (C=O) groups excluding carboxylic acids is 1. The van der Waals surface area contributed by atoms with E-state index in [2.05, 4.69) is 18.7 Å². The van der Waals surface area contributed by atoms with Gasteiger partial charge in [-0.2, -0.15) is 0 Å². The van der Waals surface area contributed by atoms with Crippen LogP contribution in [0, 0.1) is 0 Å². The van der Waals surface area contributed by atoms with E-state index in [0.717, 1.165) is 25.0 Å². The molecule has 19 heavy (non-hydrogen) atoms. The molecule has 102 valence electrons. The highest BCUT2D eigenvalue weighted by Crippen LogP contribution is 2.23. The number of halogens is 1. The van der Waals surface area contributed by atoms with Crippen molar-refractivity contribution in [3.63, 3.8) is 0 Å². The Morgan fingerprint density at radius 3 is 2.68 bits per heavy atom. The lowest BCUT2D eigenvalue weighted by molar-refractivity contribution is 0.0941. The van der Waals surface area contributed by atoms with Crippen LogP contribution in [0.15, 0.2) is 28.7 Å². The Kier molecular flexibility index (Phi) is 4.61. The molecule has 0 radical (unpaired) electrons. The Labute approximate surface area is 118 Å². The van der Waals surface area contributed by atoms with Gasteiger partial charge in [-0.3, -0.25) is 4.79 Å². The molecule has 3 nitrogen and oxygen atoms in total. The zero-order chi connectivity index (χ0) is 13.8. The number of carbonyl (C=O) groups is 1. The Morgan fingerprint density at radius 2 is 2.00 bits per heavy atom. The van der Waals surface area contributed by atoms with E-state index < -0.39 is 0 Å². The average Bonchev–Trinajstić information content (AvgIpc) is 2.82. The average molecular weight is 280 g/mol. The van der Waals surface area contributed by atoms with E-state index in [9.17, 15) is 4.79 Å². The number of benzene rings is 1. The fourth-order valence-corrected chi connectivity index (χ4v) is 2.25. The zero-order valence-corrected chi connectivity index (χ0v) is 12.0. The maximum atomic E-state index is 12.1. The smallest absolute Gasteiger partial charge is 0.199 e. The summed E-state index contributed by atoms with van der Waals surface area (Å²) in [5.41, 5.74) is 0.704. The summed E-state index contributed by atoms with van der Waals surface area (Å²) in [6.45, 7) is 6.87. The summed E-state index contributed by atoms with van der Waals surface area (Å²) < 4.78 is 5.56. The molecular formula is C15H18ClNO2. The number of hydrogen-bond donors (Lipinski definition) is 0. The van der Waals surface area contributed by atoms with E-state index in [-0.39, 0.29) is 5.78 Å². The summed E-state index contributed by atoms with van der Waals surface area (Å²) in [6, 6.07) is 7.13. The van der Waals surface area contributed by atoms with E-state index in [1.807, 2.05) is 6.07 Å². The predicted molar refractivity (Wildman–Crippen MR) is 78.0 cm³/mol. The number of furan rings is 1. The van der Waals surface area contributed by atoms with Crippen molar-refractivity contribution in [1.29, 1.82) is 0 Å². The minimum absolute atomic E-state index is 0.0409. The van der Waals surface area contributed by atoms with Crippen LogP contribution < -0.4 is 0 Å². The molecule has 0 atom stereocenters. The molecule has 0 aliphatic carbocycles. The van der Waals surface area contributed by atoms with Crippen LogP contribution in [-0.4, -0.2) is 30.3 Å². The molecule has 4 heteroatoms. The highest BCUT2D eigenvalue weighted by atomic mass is 35.5. The third-order valence-electron chi connectivity index (χ3n) is 3.30. The van der Waals surface area contributed by atoms with Gasteiger partial charge in [0.15, 0.2) is 11.5 Å². The fourth-order valence-electron chi connectivity index (χ4n) is 2.07. The predicted octanol–water partition coefficient (Wildman–Crippen LogP) is 4.00. The molecule has 0 fully saturated rings. The van der Waals surface area contributed by atoms with Crippen molar-refractivity contribution in [3.05, 3.63) is 35.0 Å². The van der Waals surface area contributed by atoms with Gasteiger partial charge in [0, 0.05) is 23.4 Å². The molecule has 2 rings (SSSR count). The minimum Gasteiger partial charge on any atom is -0.453 e. The van der Waals surface area contributed by atoms with Gasteiger partial charge in [0.2, 0.25) is 0 Å².